The van der Waals surface area contributed by atoms with E-state index in [9.17, 15) is 19.9 Å². The normalized spacial score (nSPS) is 23.1. The first-order valence-electron chi connectivity index (χ1n) is 0.802. The van der Waals surface area contributed by atoms with Gasteiger partial charge in [-0.15, -0.1) is 0 Å². The van der Waals surface area contributed by atoms with E-state index < -0.39 is 15.4 Å². The van der Waals surface area contributed by atoms with Gasteiger partial charge in [0.15, 0.2) is 0 Å². The van der Waals surface area contributed by atoms with Crippen LogP contribution in [0.5, 0.6) is 0 Å². The van der Waals surface area contributed by atoms with Crippen molar-refractivity contribution >= 4 is 0 Å². The van der Waals surface area contributed by atoms with E-state index in [-0.39, 0.29) is 0 Å². The van der Waals surface area contributed by atoms with Gasteiger partial charge in [-0.05, 0) is 0 Å². The summed E-state index contributed by atoms with van der Waals surface area (Å²) < 4.78 is 59.4. The SMILES string of the molecule is [F][Ru-3]([F])([F])([F])([F])[F]. The van der Waals surface area contributed by atoms with Crippen LogP contribution in [-0.4, -0.2) is 0 Å². The van der Waals surface area contributed by atoms with Gasteiger partial charge >= 0.3 is 35.3 Å². The molecule has 7 heteroatoms. The third kappa shape index (κ3) is 2650. The first-order valence-corrected chi connectivity index (χ1v) is 4.74. The van der Waals surface area contributed by atoms with Gasteiger partial charge in [0, 0.05) is 0 Å². The van der Waals surface area contributed by atoms with Gasteiger partial charge < -0.3 is 0 Å². The predicted molar refractivity (Wildman–Crippen MR) is 6.65 cm³/mol. The number of hydrogen-bond donors (Lipinski definition) is 0. The van der Waals surface area contributed by atoms with Crippen molar-refractivity contribution in [3.8, 4) is 0 Å². The predicted octanol–water partition coefficient (Wildman–Crippen LogP) is 2.52. The Morgan fingerprint density at radius 2 is 0.571 bits per heavy atom. The molecule has 0 heterocycles. The fraction of sp³-hybridized carbons (Fsp3) is 0. The summed E-state index contributed by atoms with van der Waals surface area (Å²) in [7, 11) is 0. The van der Waals surface area contributed by atoms with Gasteiger partial charge in [-0.2, -0.15) is 0 Å². The second kappa shape index (κ2) is 0.727. The minimum absolute atomic E-state index is 9.90. The summed E-state index contributed by atoms with van der Waals surface area (Å²) in [6, 6.07) is 0. The molecule has 7 heavy (non-hydrogen) atoms. The van der Waals surface area contributed by atoms with Crippen molar-refractivity contribution < 1.29 is 35.3 Å². The molecule has 0 aromatic heterocycles. The molecule has 0 unspecified atom stereocenters. The molecular weight excluding hydrogens is 215 g/mol. The van der Waals surface area contributed by atoms with Crippen molar-refractivity contribution in [2.24, 2.45) is 0 Å². The molecule has 0 aliphatic carbocycles. The zero-order valence-electron chi connectivity index (χ0n) is 2.62. The first-order chi connectivity index (χ1) is 2.45. The molecular formula is F6Ru-3. The van der Waals surface area contributed by atoms with Gasteiger partial charge in [0.25, 0.3) is 0 Å². The second-order valence-electron chi connectivity index (χ2n) is 0.758. The van der Waals surface area contributed by atoms with Gasteiger partial charge in [-0.1, -0.05) is 0 Å². The van der Waals surface area contributed by atoms with Crippen molar-refractivity contribution in [3.63, 3.8) is 0 Å². The molecule has 0 aliphatic heterocycles. The van der Waals surface area contributed by atoms with Crippen molar-refractivity contribution in [1.82, 2.24) is 0 Å². The van der Waals surface area contributed by atoms with Gasteiger partial charge in [-0.3, -0.25) is 0 Å². The van der Waals surface area contributed by atoms with Gasteiger partial charge in [0.2, 0.25) is 0 Å². The topological polar surface area (TPSA) is 0 Å². The molecule has 0 rings (SSSR count). The summed E-state index contributed by atoms with van der Waals surface area (Å²) in [4.78, 5) is 0. The fourth-order valence-corrected chi connectivity index (χ4v) is 0. The Hall–Kier alpha value is 0.203. The number of halogens is 6. The van der Waals surface area contributed by atoms with Crippen LogP contribution in [-0.2, 0) is 15.4 Å². The van der Waals surface area contributed by atoms with Gasteiger partial charge in [0.1, 0.15) is 0 Å². The van der Waals surface area contributed by atoms with Crippen LogP contribution in [0.4, 0.5) is 19.9 Å². The maximum atomic E-state index is 9.90. The van der Waals surface area contributed by atoms with E-state index in [1.54, 1.807) is 0 Å². The molecule has 0 fully saturated rings. The van der Waals surface area contributed by atoms with Crippen LogP contribution in [0.3, 0.4) is 0 Å². The summed E-state index contributed by atoms with van der Waals surface area (Å²) in [6.45, 7) is 0. The molecule has 0 saturated heterocycles. The Balaban J connectivity index is 4.43. The average molecular weight is 215 g/mol. The van der Waals surface area contributed by atoms with E-state index in [1.165, 1.54) is 0 Å². The molecule has 53 valence electrons. The second-order valence-corrected chi connectivity index (χ2v) is 4.48. The molecule has 0 N–H and O–H groups in total. The Bertz CT molecular complexity index is 62.7. The van der Waals surface area contributed by atoms with Gasteiger partial charge in [-0.25, -0.2) is 0 Å². The van der Waals surface area contributed by atoms with Crippen LogP contribution in [0, 0.1) is 0 Å². The maximum absolute atomic E-state index is 11.0. The molecule has 0 saturated carbocycles. The summed E-state index contributed by atoms with van der Waals surface area (Å²) in [6.07, 6.45) is 0. The third-order valence-corrected chi connectivity index (χ3v) is 0. The van der Waals surface area contributed by atoms with Crippen LogP contribution in [0.2, 0.25) is 0 Å². The first kappa shape index (κ1) is 7.20. The Morgan fingerprint density at radius 3 is 0.571 bits per heavy atom. The minimum atomic E-state index is -11.0. The number of rotatable bonds is 0. The molecule has 0 spiro atoms. The summed E-state index contributed by atoms with van der Waals surface area (Å²) in [5.74, 6) is 0. The van der Waals surface area contributed by atoms with Crippen molar-refractivity contribution in [2.75, 3.05) is 0 Å². The Labute approximate surface area is 36.2 Å². The van der Waals surface area contributed by atoms with Crippen molar-refractivity contribution in [2.45, 2.75) is 0 Å². The van der Waals surface area contributed by atoms with E-state index in [0.29, 0.717) is 0 Å². The molecule has 0 aromatic carbocycles. The molecule has 0 amide bonds. The zero-order valence-corrected chi connectivity index (χ0v) is 4.36. The molecule has 0 radical (unpaired) electrons. The quantitative estimate of drug-likeness (QED) is 0.430. The standard InChI is InChI=1S/6FH.Ru/h6*1H;/q;;;;;;+3/p-6. The summed E-state index contributed by atoms with van der Waals surface area (Å²) in [5, 5.41) is 0. The molecule has 0 bridgehead atoms. The van der Waals surface area contributed by atoms with Crippen molar-refractivity contribution in [1.29, 1.82) is 0 Å². The van der Waals surface area contributed by atoms with Crippen LogP contribution < -0.4 is 0 Å². The molecule has 0 aliphatic rings. The molecule has 0 aromatic rings. The average Bonchev–Trinajstić information content (AvgIpc) is 0.592. The van der Waals surface area contributed by atoms with Crippen LogP contribution >= 0.6 is 0 Å². The van der Waals surface area contributed by atoms with E-state index in [0.717, 1.165) is 0 Å². The molecule has 0 nitrogen and oxygen atoms in total. The number of hydrogen-bond acceptors (Lipinski definition) is 0. The van der Waals surface area contributed by atoms with E-state index in [1.807, 2.05) is 0 Å². The fourth-order valence-electron chi connectivity index (χ4n) is 0. The summed E-state index contributed by atoms with van der Waals surface area (Å²) >= 11 is -11.0. The van der Waals surface area contributed by atoms with Gasteiger partial charge in [0.05, 0.1) is 0 Å². The Kier molecular flexibility index (Phi) is 0.748. The van der Waals surface area contributed by atoms with Crippen molar-refractivity contribution in [3.05, 3.63) is 0 Å². The third-order valence-electron chi connectivity index (χ3n) is 0. The van der Waals surface area contributed by atoms with E-state index in [4.69, 9.17) is 0 Å². The van der Waals surface area contributed by atoms with Crippen LogP contribution in [0.15, 0.2) is 0 Å². The zero-order chi connectivity index (χ0) is 6.41. The van der Waals surface area contributed by atoms with Crippen LogP contribution in [0.1, 0.15) is 0 Å². The Morgan fingerprint density at radius 1 is 0.571 bits per heavy atom. The van der Waals surface area contributed by atoms with Crippen LogP contribution in [0.25, 0.3) is 0 Å². The monoisotopic (exact) mass is 216 g/mol. The van der Waals surface area contributed by atoms with E-state index >= 15 is 0 Å². The summed E-state index contributed by atoms with van der Waals surface area (Å²) in [5.41, 5.74) is 0. The molecule has 0 atom stereocenters. The van der Waals surface area contributed by atoms with E-state index in [2.05, 4.69) is 0 Å².